The Morgan fingerprint density at radius 3 is 2.44 bits per heavy atom. The number of nitrogens with one attached hydrogen (secondary N) is 4. The number of benzene rings is 1. The number of aromatic nitrogens is 2. The Hall–Kier alpha value is -4.92. The van der Waals surface area contributed by atoms with Crippen molar-refractivity contribution in [2.75, 3.05) is 19.0 Å². The van der Waals surface area contributed by atoms with Gasteiger partial charge in [0, 0.05) is 47.3 Å². The number of carboxylic acids is 1. The summed E-state index contributed by atoms with van der Waals surface area (Å²) in [6.45, 7) is 15.3. The van der Waals surface area contributed by atoms with E-state index in [4.69, 9.17) is 19.4 Å². The summed E-state index contributed by atoms with van der Waals surface area (Å²) in [4.78, 5) is 65.5. The summed E-state index contributed by atoms with van der Waals surface area (Å²) in [5.74, 6) is -1.55. The van der Waals surface area contributed by atoms with Crippen molar-refractivity contribution in [3.63, 3.8) is 0 Å². The molecule has 0 unspecified atom stereocenters. The molecule has 0 bridgehead atoms. The molecule has 6 rings (SSSR count). The highest BCUT2D eigenvalue weighted by atomic mass is 32.1. The van der Waals surface area contributed by atoms with Gasteiger partial charge in [-0.2, -0.15) is 0 Å². The van der Waals surface area contributed by atoms with Crippen LogP contribution >= 0.6 is 11.3 Å². The minimum absolute atomic E-state index is 0.00776. The van der Waals surface area contributed by atoms with Crippen molar-refractivity contribution in [2.24, 2.45) is 11.3 Å². The van der Waals surface area contributed by atoms with Gasteiger partial charge in [-0.05, 0) is 57.1 Å². The van der Waals surface area contributed by atoms with Gasteiger partial charge in [0.15, 0.2) is 5.13 Å². The Balaban J connectivity index is 1.34. The second kappa shape index (κ2) is 15.7. The van der Waals surface area contributed by atoms with Crippen LogP contribution in [0.2, 0.25) is 0 Å². The summed E-state index contributed by atoms with van der Waals surface area (Å²) in [5.41, 5.74) is 0.454. The van der Waals surface area contributed by atoms with E-state index in [2.05, 4.69) is 27.8 Å². The average Bonchev–Trinajstić information content (AvgIpc) is 3.53. The molecule has 14 nitrogen and oxygen atoms in total. The minimum atomic E-state index is -1.50. The number of aliphatic carboxylic acids is 1. The second-order valence-corrected chi connectivity index (χ2v) is 17.2. The molecule has 2 aliphatic carbocycles. The zero-order chi connectivity index (χ0) is 39.8. The molecule has 4 amide bonds. The zero-order valence-electron chi connectivity index (χ0n) is 32.7. The van der Waals surface area contributed by atoms with Gasteiger partial charge in [0.1, 0.15) is 40.9 Å². The monoisotopic (exact) mass is 775 g/mol. The Labute approximate surface area is 325 Å². The number of urea groups is 1. The van der Waals surface area contributed by atoms with Crippen molar-refractivity contribution in [1.82, 2.24) is 30.8 Å². The number of carbonyl (C=O) groups is 4. The first kappa shape index (κ1) is 39.8. The van der Waals surface area contributed by atoms with Crippen LogP contribution in [0.5, 0.6) is 11.5 Å². The predicted molar refractivity (Wildman–Crippen MR) is 211 cm³/mol. The summed E-state index contributed by atoms with van der Waals surface area (Å²) >= 11 is 1.47. The summed E-state index contributed by atoms with van der Waals surface area (Å²) < 4.78 is 12.4. The molecule has 3 fully saturated rings. The number of ether oxygens (including phenoxy) is 2. The van der Waals surface area contributed by atoms with Crippen molar-refractivity contribution in [3.8, 4) is 22.9 Å². The fraction of sp³-hybridized carbons (Fsp3) is 0.550. The average molecular weight is 776 g/mol. The third kappa shape index (κ3) is 8.51. The number of methoxy groups -OCH3 is 1. The molecule has 0 spiro atoms. The van der Waals surface area contributed by atoms with E-state index in [1.165, 1.54) is 22.3 Å². The standard InChI is InChI=1S/C40H53N7O7S/c1-9-23-18-40(23,36(50)51)46-34(48)30-15-25(19-47(30)35(49)33(39(5,6)7)45-37(52)42-24-12-10-11-13-24)54-32-17-28(29-20-55-38(44-29)41-21(2)3)43-27-16-31(53-8)22(4)14-26(27)32/h9,14,16-17,20-21,23-25,30,33H,1,10-13,15,18-19H2,2-8H3,(H,41,44)(H,46,48)(H,50,51)(H2,42,45,52)/t23-,25-,30+,33-,40-/m1/s1. The summed E-state index contributed by atoms with van der Waals surface area (Å²) in [6, 6.07) is 3.28. The molecule has 5 atom stereocenters. The van der Waals surface area contributed by atoms with Crippen molar-refractivity contribution in [2.45, 2.75) is 116 Å². The molecule has 0 radical (unpaired) electrons. The number of amides is 4. The number of rotatable bonds is 13. The normalized spacial score (nSPS) is 23.0. The quantitative estimate of drug-likeness (QED) is 0.136. The number of nitrogens with zero attached hydrogens (tertiary/aromatic N) is 3. The SMILES string of the molecule is C=C[C@@H]1C[C@]1(NC(=O)[C@@H]1C[C@@H](Oc2cc(-c3csc(NC(C)C)n3)nc3cc(OC)c(C)cc23)CN1C(=O)[C@@H](NC(=O)NC1CCCC1)C(C)(C)C)C(=O)O. The van der Waals surface area contributed by atoms with E-state index in [1.54, 1.807) is 7.11 Å². The maximum absolute atomic E-state index is 14.6. The number of fused-ring (bicyclic) bond motifs is 1. The molecule has 5 N–H and O–H groups in total. The summed E-state index contributed by atoms with van der Waals surface area (Å²) in [5, 5.41) is 25.5. The first-order chi connectivity index (χ1) is 26.0. The highest BCUT2D eigenvalue weighted by Crippen LogP contribution is 2.45. The minimum Gasteiger partial charge on any atom is -0.496 e. The maximum atomic E-state index is 14.6. The van der Waals surface area contributed by atoms with E-state index < -0.39 is 58.9 Å². The summed E-state index contributed by atoms with van der Waals surface area (Å²) in [6.07, 6.45) is 4.93. The van der Waals surface area contributed by atoms with Gasteiger partial charge >= 0.3 is 12.0 Å². The van der Waals surface area contributed by atoms with Gasteiger partial charge in [0.05, 0.1) is 24.9 Å². The Bertz CT molecular complexity index is 1970. The van der Waals surface area contributed by atoms with Crippen LogP contribution < -0.4 is 30.7 Å². The van der Waals surface area contributed by atoms with Crippen LogP contribution in [0.25, 0.3) is 22.3 Å². The largest absolute Gasteiger partial charge is 0.496 e. The lowest BCUT2D eigenvalue weighted by molar-refractivity contribution is -0.146. The van der Waals surface area contributed by atoms with E-state index in [0.717, 1.165) is 36.4 Å². The molecule has 15 heteroatoms. The van der Waals surface area contributed by atoms with E-state index in [0.29, 0.717) is 33.8 Å². The smallest absolute Gasteiger partial charge is 0.330 e. The van der Waals surface area contributed by atoms with Crippen LogP contribution in [0.15, 0.2) is 36.2 Å². The first-order valence-corrected chi connectivity index (χ1v) is 19.8. The van der Waals surface area contributed by atoms with Gasteiger partial charge in [-0.1, -0.05) is 39.7 Å². The molecule has 3 aromatic rings. The number of thiazole rings is 1. The van der Waals surface area contributed by atoms with E-state index in [-0.39, 0.29) is 31.5 Å². The molecular formula is C40H53N7O7S. The maximum Gasteiger partial charge on any atom is 0.330 e. The van der Waals surface area contributed by atoms with Crippen LogP contribution in [0.3, 0.4) is 0 Å². The predicted octanol–water partition coefficient (Wildman–Crippen LogP) is 5.65. The molecule has 2 saturated carbocycles. The molecule has 3 heterocycles. The van der Waals surface area contributed by atoms with Crippen LogP contribution in [0, 0.1) is 18.3 Å². The van der Waals surface area contributed by atoms with Gasteiger partial charge < -0.3 is 40.7 Å². The van der Waals surface area contributed by atoms with Crippen molar-refractivity contribution >= 4 is 51.2 Å². The van der Waals surface area contributed by atoms with Gasteiger partial charge in [-0.3, -0.25) is 9.59 Å². The number of carboxylic acid groups (broad SMARTS) is 1. The van der Waals surface area contributed by atoms with Crippen LogP contribution in [0.1, 0.15) is 78.7 Å². The third-order valence-corrected chi connectivity index (χ3v) is 11.5. The highest BCUT2D eigenvalue weighted by Gasteiger charge is 2.61. The molecular weight excluding hydrogens is 723 g/mol. The highest BCUT2D eigenvalue weighted by molar-refractivity contribution is 7.14. The molecule has 55 heavy (non-hydrogen) atoms. The number of hydrogen-bond donors (Lipinski definition) is 5. The van der Waals surface area contributed by atoms with Crippen LogP contribution in [-0.2, 0) is 14.4 Å². The Morgan fingerprint density at radius 2 is 1.82 bits per heavy atom. The zero-order valence-corrected chi connectivity index (χ0v) is 33.5. The fourth-order valence-corrected chi connectivity index (χ4v) is 8.45. The van der Waals surface area contributed by atoms with Crippen LogP contribution in [-0.4, -0.2) is 93.3 Å². The van der Waals surface area contributed by atoms with Gasteiger partial charge in [0.2, 0.25) is 11.8 Å². The number of likely N-dealkylation sites (tertiary alicyclic amines) is 1. The Morgan fingerprint density at radius 1 is 1.09 bits per heavy atom. The lowest BCUT2D eigenvalue weighted by atomic mass is 9.85. The molecule has 1 aliphatic heterocycles. The number of pyridine rings is 1. The van der Waals surface area contributed by atoms with E-state index in [1.807, 2.05) is 65.1 Å². The molecule has 296 valence electrons. The summed E-state index contributed by atoms with van der Waals surface area (Å²) in [7, 11) is 1.60. The fourth-order valence-electron chi connectivity index (χ4n) is 7.60. The van der Waals surface area contributed by atoms with Gasteiger partial charge in [-0.15, -0.1) is 17.9 Å². The second-order valence-electron chi connectivity index (χ2n) is 16.4. The first-order valence-electron chi connectivity index (χ1n) is 19.0. The molecule has 1 aromatic carbocycles. The molecule has 3 aliphatic rings. The van der Waals surface area contributed by atoms with Crippen LogP contribution in [0.4, 0.5) is 9.93 Å². The topological polar surface area (TPSA) is 184 Å². The third-order valence-electron chi connectivity index (χ3n) is 10.7. The number of carbonyl (C=O) groups excluding carboxylic acids is 3. The van der Waals surface area contributed by atoms with Crippen molar-refractivity contribution < 1.29 is 33.8 Å². The lowest BCUT2D eigenvalue weighted by Crippen LogP contribution is -2.60. The Kier molecular flexibility index (Phi) is 11.3. The van der Waals surface area contributed by atoms with Gasteiger partial charge in [-0.25, -0.2) is 19.6 Å². The van der Waals surface area contributed by atoms with Gasteiger partial charge in [0.25, 0.3) is 0 Å². The lowest BCUT2D eigenvalue weighted by Gasteiger charge is -2.35. The molecule has 2 aromatic heterocycles. The van der Waals surface area contributed by atoms with E-state index in [9.17, 15) is 24.3 Å². The van der Waals surface area contributed by atoms with Crippen molar-refractivity contribution in [3.05, 3.63) is 41.8 Å². The molecule has 1 saturated heterocycles. The number of aryl methyl sites for hydroxylation is 1. The van der Waals surface area contributed by atoms with Crippen molar-refractivity contribution in [1.29, 1.82) is 0 Å². The van der Waals surface area contributed by atoms with E-state index >= 15 is 0 Å². The number of anilines is 1. The number of hydrogen-bond acceptors (Lipinski definition) is 10.